The third kappa shape index (κ3) is 5.33. The minimum absolute atomic E-state index is 0.0219. The van der Waals surface area contributed by atoms with E-state index in [2.05, 4.69) is 10.2 Å². The lowest BCUT2D eigenvalue weighted by Gasteiger charge is -2.39. The van der Waals surface area contributed by atoms with Crippen molar-refractivity contribution < 1.29 is 33.6 Å². The maximum atomic E-state index is 13.2. The molecule has 2 aromatic rings. The van der Waals surface area contributed by atoms with Gasteiger partial charge in [-0.3, -0.25) is 19.8 Å². The Kier molecular flexibility index (Phi) is 7.54. The van der Waals surface area contributed by atoms with Crippen molar-refractivity contribution in [1.82, 2.24) is 15.1 Å². The molecule has 3 aliphatic heterocycles. The largest absolute Gasteiger partial charge is 0.504 e. The van der Waals surface area contributed by atoms with E-state index in [-0.39, 0.29) is 24.9 Å². The fourth-order valence-electron chi connectivity index (χ4n) is 4.87. The molecule has 11 heteroatoms. The maximum absolute atomic E-state index is 13.2. The van der Waals surface area contributed by atoms with Gasteiger partial charge in [0, 0.05) is 32.7 Å². The van der Waals surface area contributed by atoms with Crippen LogP contribution >= 0.6 is 0 Å². The molecule has 0 bridgehead atoms. The number of hydrogen-bond donors (Lipinski definition) is 2. The van der Waals surface area contributed by atoms with Crippen molar-refractivity contribution in [2.75, 3.05) is 46.2 Å². The lowest BCUT2D eigenvalue weighted by molar-refractivity contribution is -0.153. The number of guanidine groups is 1. The third-order valence-electron chi connectivity index (χ3n) is 6.78. The molecule has 0 saturated carbocycles. The summed E-state index contributed by atoms with van der Waals surface area (Å²) < 4.78 is 21.6. The van der Waals surface area contributed by atoms with Crippen LogP contribution in [0.4, 0.5) is 0 Å². The first kappa shape index (κ1) is 25.7. The lowest BCUT2D eigenvalue weighted by Crippen LogP contribution is -2.57. The summed E-state index contributed by atoms with van der Waals surface area (Å²) in [5.74, 6) is -0.0468. The number of hydrogen-bond acceptors (Lipinski definition) is 10. The quantitative estimate of drug-likeness (QED) is 0.414. The Balaban J connectivity index is 1.32. The minimum Gasteiger partial charge on any atom is -0.504 e. The van der Waals surface area contributed by atoms with Crippen LogP contribution in [-0.2, 0) is 20.9 Å². The fourth-order valence-corrected chi connectivity index (χ4v) is 4.87. The number of phenolic OH excluding ortho intramolecular Hbond substituents is 1. The summed E-state index contributed by atoms with van der Waals surface area (Å²) in [5, 5.41) is 13.0. The zero-order chi connectivity index (χ0) is 26.6. The number of fused-ring (bicyclic) bond motifs is 1. The number of aliphatic imine (C=N–C) groups is 1. The second-order valence-corrected chi connectivity index (χ2v) is 9.23. The molecule has 0 aliphatic carbocycles. The van der Waals surface area contributed by atoms with Crippen LogP contribution in [0, 0.1) is 5.92 Å². The summed E-state index contributed by atoms with van der Waals surface area (Å²) in [7, 11) is 0. The zero-order valence-electron chi connectivity index (χ0n) is 21.5. The number of carbonyl (C=O) groups excluding carboxylic acids is 2. The van der Waals surface area contributed by atoms with Gasteiger partial charge in [-0.1, -0.05) is 12.1 Å². The van der Waals surface area contributed by atoms with Crippen LogP contribution in [0.25, 0.3) is 0 Å². The first-order valence-corrected chi connectivity index (χ1v) is 12.8. The highest BCUT2D eigenvalue weighted by atomic mass is 16.7. The van der Waals surface area contributed by atoms with Crippen molar-refractivity contribution in [3.8, 4) is 23.0 Å². The molecule has 2 atom stereocenters. The van der Waals surface area contributed by atoms with E-state index in [4.69, 9.17) is 23.9 Å². The van der Waals surface area contributed by atoms with E-state index in [0.29, 0.717) is 31.2 Å². The lowest BCUT2D eigenvalue weighted by atomic mass is 9.91. The van der Waals surface area contributed by atoms with Crippen molar-refractivity contribution in [2.24, 2.45) is 10.9 Å². The van der Waals surface area contributed by atoms with Crippen LogP contribution < -0.4 is 19.5 Å². The number of ether oxygens (including phenoxy) is 4. The molecule has 3 heterocycles. The molecular formula is C27H32N4O7. The van der Waals surface area contributed by atoms with Crippen LogP contribution in [-0.4, -0.2) is 78.9 Å². The van der Waals surface area contributed by atoms with Gasteiger partial charge in [0.05, 0.1) is 13.2 Å². The van der Waals surface area contributed by atoms with Crippen LogP contribution in [0.2, 0.25) is 0 Å². The topological polar surface area (TPSA) is 122 Å². The Bertz CT molecular complexity index is 1230. The summed E-state index contributed by atoms with van der Waals surface area (Å²) in [4.78, 5) is 35.1. The Labute approximate surface area is 220 Å². The highest BCUT2D eigenvalue weighted by Gasteiger charge is 2.42. The number of rotatable bonds is 7. The van der Waals surface area contributed by atoms with E-state index in [1.807, 2.05) is 30.0 Å². The van der Waals surface area contributed by atoms with Gasteiger partial charge >= 0.3 is 5.97 Å². The highest BCUT2D eigenvalue weighted by Crippen LogP contribution is 2.36. The molecule has 1 saturated heterocycles. The molecule has 0 spiro atoms. The van der Waals surface area contributed by atoms with E-state index in [0.717, 1.165) is 36.7 Å². The van der Waals surface area contributed by atoms with Gasteiger partial charge in [0.1, 0.15) is 6.04 Å². The maximum Gasteiger partial charge on any atom is 0.321 e. The second kappa shape index (κ2) is 11.2. The normalized spacial score (nSPS) is 21.1. The average molecular weight is 525 g/mol. The number of esters is 1. The number of benzene rings is 2. The number of carbonyl (C=O) groups is 2. The molecule has 1 amide bonds. The van der Waals surface area contributed by atoms with E-state index < -0.39 is 23.8 Å². The molecule has 202 valence electrons. The van der Waals surface area contributed by atoms with Crippen LogP contribution in [0.3, 0.4) is 0 Å². The molecule has 3 aliphatic rings. The van der Waals surface area contributed by atoms with Crippen LogP contribution in [0.5, 0.6) is 23.0 Å². The Morgan fingerprint density at radius 3 is 2.63 bits per heavy atom. The Morgan fingerprint density at radius 2 is 1.87 bits per heavy atom. The van der Waals surface area contributed by atoms with Crippen molar-refractivity contribution >= 4 is 17.8 Å². The van der Waals surface area contributed by atoms with Gasteiger partial charge in [0.25, 0.3) is 0 Å². The number of phenols is 1. The number of amides is 1. The van der Waals surface area contributed by atoms with Crippen LogP contribution in [0.15, 0.2) is 41.4 Å². The minimum atomic E-state index is -1.15. The molecule has 0 radical (unpaired) electrons. The zero-order valence-corrected chi connectivity index (χ0v) is 21.5. The van der Waals surface area contributed by atoms with Gasteiger partial charge in [0.2, 0.25) is 18.7 Å². The van der Waals surface area contributed by atoms with Crippen molar-refractivity contribution in [2.45, 2.75) is 26.4 Å². The number of aromatic hydroxyl groups is 1. The van der Waals surface area contributed by atoms with Crippen molar-refractivity contribution in [3.05, 3.63) is 47.5 Å². The fraction of sp³-hybridized carbons (Fsp3) is 0.444. The highest BCUT2D eigenvalue weighted by molar-refractivity contribution is 6.08. The number of nitrogens with one attached hydrogen (secondary N) is 1. The third-order valence-corrected chi connectivity index (χ3v) is 6.78. The van der Waals surface area contributed by atoms with Crippen molar-refractivity contribution in [1.29, 1.82) is 0 Å². The molecule has 1 fully saturated rings. The van der Waals surface area contributed by atoms with Gasteiger partial charge in [-0.25, -0.2) is 4.99 Å². The monoisotopic (exact) mass is 524 g/mol. The summed E-state index contributed by atoms with van der Waals surface area (Å²) in [5.41, 5.74) is 1.72. The standard InChI is InChI=1S/C27H32N4O7/c1-3-35-21-14-18(6-7-19(21)32)24-23(26(34)36-4-2)25(33)29-27(28-24)31-11-9-30(10-12-31)15-17-5-8-20-22(13-17)38-16-37-20/h5-8,13-14,23-24,32H,3-4,9-12,15-16H2,1-2H3,(H,28,29,33)/t23-,24+/m1/s1. The average Bonchev–Trinajstić information content (AvgIpc) is 3.38. The molecule has 2 aromatic carbocycles. The van der Waals surface area contributed by atoms with Gasteiger partial charge in [-0.15, -0.1) is 0 Å². The molecule has 5 rings (SSSR count). The summed E-state index contributed by atoms with van der Waals surface area (Å²) in [6.07, 6.45) is 0. The molecule has 2 N–H and O–H groups in total. The van der Waals surface area contributed by atoms with Gasteiger partial charge in [-0.2, -0.15) is 0 Å². The SMILES string of the molecule is CCOC(=O)[C@H]1C(=O)NC(N2CCN(Cc3ccc4c(c3)OCO4)CC2)=N[C@H]1c1ccc(O)c(OCC)c1. The van der Waals surface area contributed by atoms with E-state index in [9.17, 15) is 14.7 Å². The molecule has 0 aromatic heterocycles. The first-order valence-electron chi connectivity index (χ1n) is 12.8. The van der Waals surface area contributed by atoms with Crippen molar-refractivity contribution in [3.63, 3.8) is 0 Å². The predicted octanol–water partition coefficient (Wildman–Crippen LogP) is 2.04. The predicted molar refractivity (Wildman–Crippen MR) is 137 cm³/mol. The molecule has 0 unspecified atom stereocenters. The van der Waals surface area contributed by atoms with E-state index >= 15 is 0 Å². The molecule has 11 nitrogen and oxygen atoms in total. The number of nitrogens with zero attached hydrogens (tertiary/aromatic N) is 3. The molecule has 38 heavy (non-hydrogen) atoms. The second-order valence-electron chi connectivity index (χ2n) is 9.23. The number of piperazine rings is 1. The van der Waals surface area contributed by atoms with E-state index in [1.54, 1.807) is 19.1 Å². The summed E-state index contributed by atoms with van der Waals surface area (Å²) in [6, 6.07) is 9.92. The summed E-state index contributed by atoms with van der Waals surface area (Å²) >= 11 is 0. The van der Waals surface area contributed by atoms with Gasteiger partial charge in [-0.05, 0) is 49.2 Å². The summed E-state index contributed by atoms with van der Waals surface area (Å²) in [6.45, 7) is 7.87. The van der Waals surface area contributed by atoms with Crippen LogP contribution in [0.1, 0.15) is 31.0 Å². The van der Waals surface area contributed by atoms with Gasteiger partial charge in [0.15, 0.2) is 28.9 Å². The Morgan fingerprint density at radius 1 is 1.08 bits per heavy atom. The molecular weight excluding hydrogens is 492 g/mol. The smallest absolute Gasteiger partial charge is 0.321 e. The van der Waals surface area contributed by atoms with E-state index in [1.165, 1.54) is 6.07 Å². The van der Waals surface area contributed by atoms with Gasteiger partial charge < -0.3 is 29.0 Å². The first-order chi connectivity index (χ1) is 18.5. The Hall–Kier alpha value is -3.99.